The van der Waals surface area contributed by atoms with Crippen molar-refractivity contribution in [3.8, 4) is 0 Å². The average molecular weight is 555 g/mol. The molecule has 1 heterocycles. The molecule has 0 aromatic rings. The van der Waals surface area contributed by atoms with Crippen LogP contribution in [-0.4, -0.2) is 92.3 Å². The Balaban J connectivity index is 2.92. The fraction of sp³-hybridized carbons (Fsp3) is 0.900. The number of nitrogens with one attached hydrogen (secondary N) is 2. The van der Waals surface area contributed by atoms with Gasteiger partial charge in [0.15, 0.2) is 0 Å². The van der Waals surface area contributed by atoms with Crippen molar-refractivity contribution in [3.05, 3.63) is 0 Å². The van der Waals surface area contributed by atoms with Gasteiger partial charge in [0.2, 0.25) is 11.8 Å². The van der Waals surface area contributed by atoms with Gasteiger partial charge < -0.3 is 29.9 Å². The standard InChI is InChI=1S/C30H58N4O5/c1-12-21(7)28(33(9)27(36)18-31-30(37)32-23(13-2)22(8)19(3)4)25(38-10)17-26(35)34-16-14-15-24(34)29(39-11)20(5)6/h19-25,28-29H,12-18H2,1-11H3,(H2,31,32,37). The van der Waals surface area contributed by atoms with Gasteiger partial charge in [-0.2, -0.15) is 0 Å². The van der Waals surface area contributed by atoms with Crippen LogP contribution in [0.1, 0.15) is 87.5 Å². The minimum absolute atomic E-state index is 0.0138. The van der Waals surface area contributed by atoms with Crippen LogP contribution in [-0.2, 0) is 19.1 Å². The zero-order valence-electron chi connectivity index (χ0n) is 26.6. The smallest absolute Gasteiger partial charge is 0.315 e. The second kappa shape index (κ2) is 17.1. The lowest BCUT2D eigenvalue weighted by Crippen LogP contribution is -2.54. The molecule has 228 valence electrons. The lowest BCUT2D eigenvalue weighted by atomic mass is 9.89. The minimum Gasteiger partial charge on any atom is -0.379 e. The van der Waals surface area contributed by atoms with Crippen LogP contribution in [0.15, 0.2) is 0 Å². The second-order valence-corrected chi connectivity index (χ2v) is 12.0. The van der Waals surface area contributed by atoms with E-state index in [1.807, 2.05) is 11.8 Å². The molecule has 1 fully saturated rings. The van der Waals surface area contributed by atoms with Crippen LogP contribution in [0.2, 0.25) is 0 Å². The zero-order valence-corrected chi connectivity index (χ0v) is 26.6. The summed E-state index contributed by atoms with van der Waals surface area (Å²) < 4.78 is 11.6. The van der Waals surface area contributed by atoms with E-state index < -0.39 is 6.10 Å². The first-order chi connectivity index (χ1) is 18.3. The summed E-state index contributed by atoms with van der Waals surface area (Å²) in [4.78, 5) is 43.0. The molecule has 0 bridgehead atoms. The summed E-state index contributed by atoms with van der Waals surface area (Å²) in [7, 11) is 5.06. The van der Waals surface area contributed by atoms with Crippen molar-refractivity contribution in [1.29, 1.82) is 0 Å². The second-order valence-electron chi connectivity index (χ2n) is 12.0. The van der Waals surface area contributed by atoms with Gasteiger partial charge in [0, 0.05) is 33.9 Å². The number of methoxy groups -OCH3 is 2. The maximum Gasteiger partial charge on any atom is 0.315 e. The summed E-state index contributed by atoms with van der Waals surface area (Å²) >= 11 is 0. The third kappa shape index (κ3) is 9.92. The lowest BCUT2D eigenvalue weighted by molar-refractivity contribution is -0.144. The van der Waals surface area contributed by atoms with Gasteiger partial charge in [-0.15, -0.1) is 0 Å². The van der Waals surface area contributed by atoms with E-state index in [4.69, 9.17) is 9.47 Å². The first kappa shape index (κ1) is 35.2. The molecule has 39 heavy (non-hydrogen) atoms. The zero-order chi connectivity index (χ0) is 29.9. The molecular weight excluding hydrogens is 496 g/mol. The van der Waals surface area contributed by atoms with Crippen molar-refractivity contribution in [2.24, 2.45) is 23.7 Å². The highest BCUT2D eigenvalue weighted by Crippen LogP contribution is 2.28. The third-order valence-electron chi connectivity index (χ3n) is 8.90. The van der Waals surface area contributed by atoms with Gasteiger partial charge in [0.1, 0.15) is 0 Å². The summed E-state index contributed by atoms with van der Waals surface area (Å²) in [5, 5.41) is 5.76. The number of urea groups is 1. The van der Waals surface area contributed by atoms with E-state index in [0.717, 1.165) is 25.7 Å². The molecule has 1 aliphatic rings. The van der Waals surface area contributed by atoms with E-state index in [1.54, 1.807) is 26.2 Å². The molecule has 1 aliphatic heterocycles. The quantitative estimate of drug-likeness (QED) is 0.296. The van der Waals surface area contributed by atoms with E-state index in [1.165, 1.54) is 0 Å². The molecule has 7 unspecified atom stereocenters. The van der Waals surface area contributed by atoms with Crippen LogP contribution in [0.4, 0.5) is 4.79 Å². The molecule has 0 saturated carbocycles. The van der Waals surface area contributed by atoms with Crippen molar-refractivity contribution >= 4 is 17.8 Å². The van der Waals surface area contributed by atoms with E-state index >= 15 is 0 Å². The number of carbonyl (C=O) groups is 3. The number of hydrogen-bond donors (Lipinski definition) is 2. The highest BCUT2D eigenvalue weighted by molar-refractivity contribution is 5.84. The molecule has 1 rings (SSSR count). The van der Waals surface area contributed by atoms with E-state index in [9.17, 15) is 14.4 Å². The largest absolute Gasteiger partial charge is 0.379 e. The van der Waals surface area contributed by atoms with Gasteiger partial charge in [0.25, 0.3) is 0 Å². The first-order valence-corrected chi connectivity index (χ1v) is 15.0. The Kier molecular flexibility index (Phi) is 15.4. The Hall–Kier alpha value is -1.87. The third-order valence-corrected chi connectivity index (χ3v) is 8.90. The van der Waals surface area contributed by atoms with Crippen LogP contribution >= 0.6 is 0 Å². The number of ether oxygens (including phenoxy) is 2. The summed E-state index contributed by atoms with van der Waals surface area (Å²) in [6, 6.07) is -0.561. The van der Waals surface area contributed by atoms with Crippen LogP contribution in [0.5, 0.6) is 0 Å². The molecule has 0 aromatic carbocycles. The van der Waals surface area contributed by atoms with Crippen molar-refractivity contribution in [2.75, 3.05) is 34.4 Å². The maximum atomic E-state index is 13.5. The Morgan fingerprint density at radius 3 is 2.10 bits per heavy atom. The van der Waals surface area contributed by atoms with E-state index in [0.29, 0.717) is 24.3 Å². The minimum atomic E-state index is -0.465. The van der Waals surface area contributed by atoms with Gasteiger partial charge in [0.05, 0.1) is 37.3 Å². The van der Waals surface area contributed by atoms with Crippen molar-refractivity contribution in [3.63, 3.8) is 0 Å². The number of carbonyl (C=O) groups excluding carboxylic acids is 3. The SMILES string of the molecule is CCC(C)C(C(CC(=O)N1CCCC1C(OC)C(C)C)OC)N(C)C(=O)CNC(=O)NC(CC)C(C)C(C)C. The number of likely N-dealkylation sites (tertiary alicyclic amines) is 1. The van der Waals surface area contributed by atoms with Gasteiger partial charge >= 0.3 is 6.03 Å². The summed E-state index contributed by atoms with van der Waals surface area (Å²) in [6.45, 7) is 17.4. The fourth-order valence-electron chi connectivity index (χ4n) is 5.93. The molecule has 7 atom stereocenters. The Morgan fingerprint density at radius 1 is 0.974 bits per heavy atom. The van der Waals surface area contributed by atoms with Crippen molar-refractivity contribution in [2.45, 2.75) is 118 Å². The monoisotopic (exact) mass is 554 g/mol. The molecule has 0 radical (unpaired) electrons. The molecule has 0 aromatic heterocycles. The molecule has 0 aliphatic carbocycles. The predicted octanol–water partition coefficient (Wildman–Crippen LogP) is 4.30. The average Bonchev–Trinajstić information content (AvgIpc) is 3.38. The Morgan fingerprint density at radius 2 is 1.62 bits per heavy atom. The van der Waals surface area contributed by atoms with Gasteiger partial charge in [-0.25, -0.2) is 4.79 Å². The topological polar surface area (TPSA) is 100 Å². The highest BCUT2D eigenvalue weighted by atomic mass is 16.5. The fourth-order valence-corrected chi connectivity index (χ4v) is 5.93. The predicted molar refractivity (Wildman–Crippen MR) is 156 cm³/mol. The Labute approximate surface area is 238 Å². The number of rotatable bonds is 16. The van der Waals surface area contributed by atoms with Crippen LogP contribution in [0, 0.1) is 23.7 Å². The lowest BCUT2D eigenvalue weighted by Gasteiger charge is -2.39. The molecule has 0 spiro atoms. The number of likely N-dealkylation sites (N-methyl/N-ethyl adjacent to an activating group) is 1. The first-order valence-electron chi connectivity index (χ1n) is 15.0. The summed E-state index contributed by atoms with van der Waals surface area (Å²) in [5.41, 5.74) is 0. The van der Waals surface area contributed by atoms with Crippen molar-refractivity contribution < 1.29 is 23.9 Å². The summed E-state index contributed by atoms with van der Waals surface area (Å²) in [6.07, 6.45) is 3.23. The van der Waals surface area contributed by atoms with Gasteiger partial charge in [-0.3, -0.25) is 9.59 Å². The molecule has 1 saturated heterocycles. The highest BCUT2D eigenvalue weighted by Gasteiger charge is 2.39. The molecule has 9 nitrogen and oxygen atoms in total. The van der Waals surface area contributed by atoms with Crippen LogP contribution in [0.3, 0.4) is 0 Å². The summed E-state index contributed by atoms with van der Waals surface area (Å²) in [5.74, 6) is 0.975. The normalized spacial score (nSPS) is 20.3. The van der Waals surface area contributed by atoms with Gasteiger partial charge in [-0.1, -0.05) is 61.8 Å². The van der Waals surface area contributed by atoms with Crippen LogP contribution < -0.4 is 10.6 Å². The van der Waals surface area contributed by atoms with Crippen LogP contribution in [0.25, 0.3) is 0 Å². The van der Waals surface area contributed by atoms with Gasteiger partial charge in [-0.05, 0) is 42.9 Å². The number of hydrogen-bond acceptors (Lipinski definition) is 5. The molecule has 2 N–H and O–H groups in total. The van der Waals surface area contributed by atoms with Crippen molar-refractivity contribution in [1.82, 2.24) is 20.4 Å². The maximum absolute atomic E-state index is 13.5. The molecule has 4 amide bonds. The van der Waals surface area contributed by atoms with E-state index in [-0.39, 0.29) is 61.0 Å². The molecular formula is C30H58N4O5. The number of amides is 4. The number of nitrogens with zero attached hydrogens (tertiary/aromatic N) is 2. The van der Waals surface area contributed by atoms with E-state index in [2.05, 4.69) is 59.1 Å². The Bertz CT molecular complexity index is 762. The molecule has 9 heteroatoms.